The van der Waals surface area contributed by atoms with Gasteiger partial charge in [-0.2, -0.15) is 11.8 Å². The number of para-hydroxylation sites is 2. The van der Waals surface area contributed by atoms with Gasteiger partial charge in [0.2, 0.25) is 5.91 Å². The lowest BCUT2D eigenvalue weighted by molar-refractivity contribution is -0.116. The van der Waals surface area contributed by atoms with Gasteiger partial charge in [-0.05, 0) is 24.5 Å². The lowest BCUT2D eigenvalue weighted by atomic mass is 10.2. The van der Waals surface area contributed by atoms with Gasteiger partial charge in [0, 0.05) is 16.0 Å². The van der Waals surface area contributed by atoms with E-state index in [1.807, 2.05) is 64.7 Å². The van der Waals surface area contributed by atoms with Crippen molar-refractivity contribution in [1.29, 1.82) is 0 Å². The summed E-state index contributed by atoms with van der Waals surface area (Å²) in [5, 5.41) is 5.97. The molecule has 1 N–H and O–H groups in total. The minimum Gasteiger partial charge on any atom is -0.318 e. The highest BCUT2D eigenvalue weighted by Gasteiger charge is 2.15. The molecule has 0 aliphatic heterocycles. The predicted octanol–water partition coefficient (Wildman–Crippen LogP) is 5.31. The first-order chi connectivity index (χ1) is 13.7. The number of benzene rings is 2. The molecule has 0 saturated heterocycles. The third kappa shape index (κ3) is 3.92. The van der Waals surface area contributed by atoms with Crippen molar-refractivity contribution in [1.82, 2.24) is 14.5 Å². The van der Waals surface area contributed by atoms with E-state index in [1.165, 1.54) is 11.3 Å². The molecule has 142 valence electrons. The number of thiazole rings is 1. The Bertz CT molecular complexity index is 1140. The zero-order chi connectivity index (χ0) is 19.5. The van der Waals surface area contributed by atoms with E-state index in [4.69, 9.17) is 11.6 Å². The first kappa shape index (κ1) is 19.0. The number of hydrogen-bond acceptors (Lipinski definition) is 5. The first-order valence-corrected chi connectivity index (χ1v) is 11.2. The van der Waals surface area contributed by atoms with Crippen molar-refractivity contribution in [3.63, 3.8) is 0 Å². The third-order valence-corrected chi connectivity index (χ3v) is 5.84. The smallest absolute Gasteiger partial charge is 0.246 e. The Morgan fingerprint density at radius 2 is 1.96 bits per heavy atom. The van der Waals surface area contributed by atoms with Crippen molar-refractivity contribution in [3.05, 3.63) is 64.8 Å². The van der Waals surface area contributed by atoms with Crippen LogP contribution in [-0.2, 0) is 17.1 Å². The van der Waals surface area contributed by atoms with E-state index in [1.54, 1.807) is 11.8 Å². The van der Waals surface area contributed by atoms with E-state index in [2.05, 4.69) is 15.3 Å². The van der Waals surface area contributed by atoms with Gasteiger partial charge in [0.25, 0.3) is 0 Å². The molecule has 2 aromatic heterocycles. The molecule has 5 nitrogen and oxygen atoms in total. The Kier molecular flexibility index (Phi) is 5.66. The van der Waals surface area contributed by atoms with Gasteiger partial charge in [-0.3, -0.25) is 4.79 Å². The molecule has 0 radical (unpaired) electrons. The fourth-order valence-electron chi connectivity index (χ4n) is 2.97. The molecule has 0 unspecified atom stereocenters. The summed E-state index contributed by atoms with van der Waals surface area (Å²) in [5.41, 5.74) is 3.46. The number of carbonyl (C=O) groups excluding carboxylic acids is 1. The van der Waals surface area contributed by atoms with Gasteiger partial charge in [-0.1, -0.05) is 41.9 Å². The molecular weight excluding hydrogens is 412 g/mol. The summed E-state index contributed by atoms with van der Waals surface area (Å²) in [4.78, 5) is 21.8. The topological polar surface area (TPSA) is 59.8 Å². The molecule has 0 spiro atoms. The quantitative estimate of drug-likeness (QED) is 0.451. The fourth-order valence-corrected chi connectivity index (χ4v) is 4.41. The van der Waals surface area contributed by atoms with Crippen LogP contribution in [0.25, 0.3) is 22.3 Å². The third-order valence-electron chi connectivity index (χ3n) is 4.21. The molecule has 8 heteroatoms. The van der Waals surface area contributed by atoms with Gasteiger partial charge in [-0.15, -0.1) is 11.3 Å². The van der Waals surface area contributed by atoms with E-state index in [9.17, 15) is 4.79 Å². The van der Waals surface area contributed by atoms with E-state index < -0.39 is 0 Å². The summed E-state index contributed by atoms with van der Waals surface area (Å²) in [6, 6.07) is 15.4. The van der Waals surface area contributed by atoms with Crippen molar-refractivity contribution in [2.24, 2.45) is 0 Å². The molecule has 0 saturated carbocycles. The molecule has 2 heterocycles. The van der Waals surface area contributed by atoms with Crippen LogP contribution in [0.3, 0.4) is 0 Å². The summed E-state index contributed by atoms with van der Waals surface area (Å²) in [6.07, 6.45) is 2.02. The lowest BCUT2D eigenvalue weighted by Crippen LogP contribution is -2.20. The maximum absolute atomic E-state index is 12.7. The number of amides is 1. The second kappa shape index (κ2) is 8.34. The van der Waals surface area contributed by atoms with Gasteiger partial charge in [0.1, 0.15) is 12.4 Å². The van der Waals surface area contributed by atoms with Crippen LogP contribution in [0.5, 0.6) is 0 Å². The van der Waals surface area contributed by atoms with Gasteiger partial charge < -0.3 is 9.88 Å². The molecule has 1 amide bonds. The zero-order valence-electron chi connectivity index (χ0n) is 15.1. The molecule has 0 fully saturated rings. The lowest BCUT2D eigenvalue weighted by Gasteiger charge is -2.08. The maximum atomic E-state index is 12.7. The van der Waals surface area contributed by atoms with Crippen LogP contribution >= 0.6 is 34.7 Å². The second-order valence-corrected chi connectivity index (χ2v) is 8.23. The average molecular weight is 429 g/mol. The molecule has 0 atom stereocenters. The minimum atomic E-state index is -0.134. The Hall–Kier alpha value is -2.35. The number of anilines is 1. The van der Waals surface area contributed by atoms with Gasteiger partial charge in [0.05, 0.1) is 22.5 Å². The van der Waals surface area contributed by atoms with Crippen molar-refractivity contribution >= 4 is 56.8 Å². The summed E-state index contributed by atoms with van der Waals surface area (Å²) in [6.45, 7) is 0.192. The van der Waals surface area contributed by atoms with Crippen LogP contribution in [0.4, 0.5) is 5.13 Å². The summed E-state index contributed by atoms with van der Waals surface area (Å²) in [5.74, 6) is 1.50. The molecule has 0 aliphatic carbocycles. The highest BCUT2D eigenvalue weighted by atomic mass is 35.5. The summed E-state index contributed by atoms with van der Waals surface area (Å²) >= 11 is 9.30. The average Bonchev–Trinajstić information content (AvgIpc) is 3.28. The Labute approximate surface area is 175 Å². The first-order valence-electron chi connectivity index (χ1n) is 8.59. The monoisotopic (exact) mass is 428 g/mol. The molecule has 2 aromatic carbocycles. The van der Waals surface area contributed by atoms with Crippen molar-refractivity contribution in [2.45, 2.75) is 12.3 Å². The number of aromatic nitrogens is 3. The number of nitrogens with one attached hydrogen (secondary N) is 1. The van der Waals surface area contributed by atoms with Crippen LogP contribution < -0.4 is 5.32 Å². The molecule has 0 bridgehead atoms. The van der Waals surface area contributed by atoms with Gasteiger partial charge in [-0.25, -0.2) is 9.97 Å². The van der Waals surface area contributed by atoms with Gasteiger partial charge >= 0.3 is 0 Å². The van der Waals surface area contributed by atoms with Crippen molar-refractivity contribution < 1.29 is 4.79 Å². The predicted molar refractivity (Wildman–Crippen MR) is 118 cm³/mol. The highest BCUT2D eigenvalue weighted by molar-refractivity contribution is 7.97. The number of imidazole rings is 1. The van der Waals surface area contributed by atoms with Crippen molar-refractivity contribution in [2.75, 3.05) is 11.6 Å². The van der Waals surface area contributed by atoms with Crippen LogP contribution in [0, 0.1) is 0 Å². The number of rotatable bonds is 6. The zero-order valence-corrected chi connectivity index (χ0v) is 17.4. The van der Waals surface area contributed by atoms with E-state index in [-0.39, 0.29) is 12.5 Å². The maximum Gasteiger partial charge on any atom is 0.246 e. The number of hydrogen-bond donors (Lipinski definition) is 1. The SMILES string of the molecule is CSCc1nc2ccccc2n1CC(=O)Nc1nc(-c2ccccc2Cl)cs1. The molecule has 28 heavy (non-hydrogen) atoms. The molecule has 0 aliphatic rings. The van der Waals surface area contributed by atoms with E-state index >= 15 is 0 Å². The van der Waals surface area contributed by atoms with Crippen molar-refractivity contribution in [3.8, 4) is 11.3 Å². The van der Waals surface area contributed by atoms with E-state index in [0.717, 1.165) is 33.9 Å². The normalized spacial score (nSPS) is 11.1. The Balaban J connectivity index is 1.54. The number of carbonyl (C=O) groups is 1. The largest absolute Gasteiger partial charge is 0.318 e. The highest BCUT2D eigenvalue weighted by Crippen LogP contribution is 2.30. The van der Waals surface area contributed by atoms with Crippen LogP contribution in [-0.4, -0.2) is 26.7 Å². The Morgan fingerprint density at radius 1 is 1.18 bits per heavy atom. The molecular formula is C20H17ClN4OS2. The number of thioether (sulfide) groups is 1. The van der Waals surface area contributed by atoms with Crippen LogP contribution in [0.15, 0.2) is 53.9 Å². The summed E-state index contributed by atoms with van der Waals surface area (Å²) < 4.78 is 1.96. The minimum absolute atomic E-state index is 0.134. The number of fused-ring (bicyclic) bond motifs is 1. The van der Waals surface area contributed by atoms with E-state index in [0.29, 0.717) is 10.2 Å². The summed E-state index contributed by atoms with van der Waals surface area (Å²) in [7, 11) is 0. The molecule has 4 aromatic rings. The number of nitrogens with zero attached hydrogens (tertiary/aromatic N) is 3. The fraction of sp³-hybridized carbons (Fsp3) is 0.150. The second-order valence-electron chi connectivity index (χ2n) is 6.10. The molecule has 4 rings (SSSR count). The van der Waals surface area contributed by atoms with Crippen LogP contribution in [0.1, 0.15) is 5.82 Å². The van der Waals surface area contributed by atoms with Gasteiger partial charge in [0.15, 0.2) is 5.13 Å². The number of halogens is 1. The Morgan fingerprint density at radius 3 is 2.79 bits per heavy atom. The van der Waals surface area contributed by atoms with Crippen LogP contribution in [0.2, 0.25) is 5.02 Å². The standard InChI is InChI=1S/C20H17ClN4OS2/c1-27-12-18-22-15-8-4-5-9-17(15)25(18)10-19(26)24-20-23-16(11-28-20)13-6-2-3-7-14(13)21/h2-9,11H,10,12H2,1H3,(H,23,24,26).